The Hall–Kier alpha value is -1.44. The minimum atomic E-state index is -1.03. The van der Waals surface area contributed by atoms with Crippen molar-refractivity contribution in [3.8, 4) is 0 Å². The maximum atomic E-state index is 11.2. The average molecular weight is 241 g/mol. The van der Waals surface area contributed by atoms with E-state index in [-0.39, 0.29) is 18.2 Å². The topological polar surface area (TPSA) is 108 Å². The molecule has 16 heavy (non-hydrogen) atoms. The Labute approximate surface area is 95.4 Å². The molecule has 0 saturated heterocycles. The highest BCUT2D eigenvalue weighted by molar-refractivity contribution is 7.12. The van der Waals surface area contributed by atoms with Crippen LogP contribution in [-0.4, -0.2) is 34.6 Å². The smallest absolute Gasteiger partial charge is 0.234 e. The fourth-order valence-electron chi connectivity index (χ4n) is 1.73. The van der Waals surface area contributed by atoms with E-state index in [9.17, 15) is 9.90 Å². The highest BCUT2D eigenvalue weighted by Gasteiger charge is 2.39. The minimum Gasteiger partial charge on any atom is -0.411 e. The number of aliphatic hydroxyl groups excluding tert-OH is 1. The lowest BCUT2D eigenvalue weighted by Crippen LogP contribution is -2.38. The highest BCUT2D eigenvalue weighted by Crippen LogP contribution is 2.35. The number of oxime groups is 1. The van der Waals surface area contributed by atoms with Gasteiger partial charge in [0.2, 0.25) is 5.91 Å². The van der Waals surface area contributed by atoms with Crippen molar-refractivity contribution < 1.29 is 15.1 Å². The number of nitrogens with one attached hydrogen (secondary N) is 1. The molecule has 2 atom stereocenters. The van der Waals surface area contributed by atoms with Crippen molar-refractivity contribution in [3.05, 3.63) is 21.9 Å². The fourth-order valence-corrected chi connectivity index (χ4v) is 2.69. The third-order valence-corrected chi connectivity index (χ3v) is 3.42. The molecule has 0 spiro atoms. The second kappa shape index (κ2) is 4.20. The van der Waals surface area contributed by atoms with Gasteiger partial charge >= 0.3 is 0 Å². The molecule has 5 N–H and O–H groups in total. The predicted octanol–water partition coefficient (Wildman–Crippen LogP) is -0.583. The number of aliphatic hydroxyl groups is 1. The van der Waals surface area contributed by atoms with E-state index in [1.54, 1.807) is 6.07 Å². The number of rotatable bonds is 2. The van der Waals surface area contributed by atoms with Gasteiger partial charge in [0.25, 0.3) is 0 Å². The quantitative estimate of drug-likeness (QED) is 0.410. The van der Waals surface area contributed by atoms with Crippen molar-refractivity contribution in [1.82, 2.24) is 5.32 Å². The summed E-state index contributed by atoms with van der Waals surface area (Å²) in [6, 6.07) is 1.20. The van der Waals surface area contributed by atoms with Crippen LogP contribution in [0.2, 0.25) is 0 Å². The lowest BCUT2D eigenvalue weighted by atomic mass is 10.1. The maximum absolute atomic E-state index is 11.2. The predicted molar refractivity (Wildman–Crippen MR) is 58.6 cm³/mol. The van der Waals surface area contributed by atoms with Gasteiger partial charge in [-0.3, -0.25) is 4.79 Å². The number of amides is 1. The molecule has 0 bridgehead atoms. The van der Waals surface area contributed by atoms with E-state index >= 15 is 0 Å². The molecule has 0 fully saturated rings. The summed E-state index contributed by atoms with van der Waals surface area (Å²) in [5.74, 6) is -0.361. The van der Waals surface area contributed by atoms with Crippen LogP contribution in [-0.2, 0) is 4.79 Å². The van der Waals surface area contributed by atoms with Gasteiger partial charge in [0, 0.05) is 0 Å². The first-order valence-electron chi connectivity index (χ1n) is 4.66. The van der Waals surface area contributed by atoms with E-state index in [1.165, 1.54) is 11.3 Å². The largest absolute Gasteiger partial charge is 0.411 e. The SMILES string of the molecule is NCC(=O)N[C@H]1c2ccsc2C(=NO)[C@H]1O. The van der Waals surface area contributed by atoms with Crippen molar-refractivity contribution in [2.75, 3.05) is 6.54 Å². The molecular formula is C9H11N3O3S. The molecule has 1 aliphatic carbocycles. The summed E-state index contributed by atoms with van der Waals surface area (Å²) in [6.45, 7) is -0.145. The zero-order chi connectivity index (χ0) is 11.7. The molecular weight excluding hydrogens is 230 g/mol. The molecule has 2 rings (SSSR count). The Bertz CT molecular complexity index is 443. The Morgan fingerprint density at radius 3 is 3.06 bits per heavy atom. The van der Waals surface area contributed by atoms with Gasteiger partial charge in [0.05, 0.1) is 17.5 Å². The van der Waals surface area contributed by atoms with Crippen molar-refractivity contribution >= 4 is 23.0 Å². The van der Waals surface area contributed by atoms with E-state index in [2.05, 4.69) is 10.5 Å². The first-order valence-corrected chi connectivity index (χ1v) is 5.54. The first kappa shape index (κ1) is 11.1. The summed E-state index contributed by atoms with van der Waals surface area (Å²) < 4.78 is 0. The second-order valence-corrected chi connectivity index (χ2v) is 4.30. The highest BCUT2D eigenvalue weighted by atomic mass is 32.1. The molecule has 0 saturated carbocycles. The molecule has 0 aliphatic heterocycles. The Kier molecular flexibility index (Phi) is 2.90. The Balaban J connectivity index is 2.32. The van der Waals surface area contributed by atoms with Crippen LogP contribution in [0.5, 0.6) is 0 Å². The molecule has 1 aromatic heterocycles. The molecule has 7 heteroatoms. The molecule has 86 valence electrons. The van der Waals surface area contributed by atoms with Crippen molar-refractivity contribution in [1.29, 1.82) is 0 Å². The van der Waals surface area contributed by atoms with E-state index in [0.717, 1.165) is 5.56 Å². The Morgan fingerprint density at radius 1 is 1.69 bits per heavy atom. The van der Waals surface area contributed by atoms with E-state index < -0.39 is 12.1 Å². The van der Waals surface area contributed by atoms with Gasteiger partial charge in [-0.25, -0.2) is 0 Å². The molecule has 1 heterocycles. The normalized spacial score (nSPS) is 25.8. The lowest BCUT2D eigenvalue weighted by Gasteiger charge is -2.16. The molecule has 0 radical (unpaired) electrons. The van der Waals surface area contributed by atoms with Gasteiger partial charge in [0.1, 0.15) is 11.8 Å². The van der Waals surface area contributed by atoms with Crippen molar-refractivity contribution in [3.63, 3.8) is 0 Å². The van der Waals surface area contributed by atoms with Crippen LogP contribution in [0.4, 0.5) is 0 Å². The van der Waals surface area contributed by atoms with Gasteiger partial charge < -0.3 is 21.4 Å². The van der Waals surface area contributed by atoms with Crippen LogP contribution < -0.4 is 11.1 Å². The monoisotopic (exact) mass is 241 g/mol. The number of nitrogens with two attached hydrogens (primary N) is 1. The third-order valence-electron chi connectivity index (χ3n) is 2.47. The van der Waals surface area contributed by atoms with Gasteiger partial charge in [-0.2, -0.15) is 0 Å². The molecule has 1 aromatic rings. The average Bonchev–Trinajstić information content (AvgIpc) is 2.82. The van der Waals surface area contributed by atoms with E-state index in [1.807, 2.05) is 5.38 Å². The number of carbonyl (C=O) groups excluding carboxylic acids is 1. The molecule has 1 aliphatic rings. The molecule has 6 nitrogen and oxygen atoms in total. The van der Waals surface area contributed by atoms with Crippen LogP contribution in [0.25, 0.3) is 0 Å². The van der Waals surface area contributed by atoms with Crippen LogP contribution in [0.3, 0.4) is 0 Å². The summed E-state index contributed by atoms with van der Waals surface area (Å²) in [5.41, 5.74) is 6.13. The summed E-state index contributed by atoms with van der Waals surface area (Å²) >= 11 is 1.35. The minimum absolute atomic E-state index is 0.145. The summed E-state index contributed by atoms with van der Waals surface area (Å²) in [5, 5.41) is 26.1. The van der Waals surface area contributed by atoms with Crippen LogP contribution in [0, 0.1) is 0 Å². The number of hydrogen-bond acceptors (Lipinski definition) is 6. The molecule has 1 amide bonds. The Morgan fingerprint density at radius 2 is 2.44 bits per heavy atom. The first-order chi connectivity index (χ1) is 7.69. The number of carbonyl (C=O) groups is 1. The van der Waals surface area contributed by atoms with E-state index in [0.29, 0.717) is 4.88 Å². The summed E-state index contributed by atoms with van der Waals surface area (Å²) in [6.07, 6.45) is -1.03. The lowest BCUT2D eigenvalue weighted by molar-refractivity contribution is -0.121. The van der Waals surface area contributed by atoms with E-state index in [4.69, 9.17) is 10.9 Å². The van der Waals surface area contributed by atoms with Crippen molar-refractivity contribution in [2.45, 2.75) is 12.1 Å². The second-order valence-electron chi connectivity index (χ2n) is 3.38. The number of fused-ring (bicyclic) bond motifs is 1. The number of nitrogens with zero attached hydrogens (tertiary/aromatic N) is 1. The molecule has 0 unspecified atom stereocenters. The van der Waals surface area contributed by atoms with Crippen molar-refractivity contribution in [2.24, 2.45) is 10.9 Å². The zero-order valence-electron chi connectivity index (χ0n) is 8.25. The maximum Gasteiger partial charge on any atom is 0.234 e. The molecule has 0 aromatic carbocycles. The summed E-state index contributed by atoms with van der Waals surface area (Å²) in [4.78, 5) is 11.9. The fraction of sp³-hybridized carbons (Fsp3) is 0.333. The number of thiophene rings is 1. The standard InChI is InChI=1S/C9H11N3O3S/c10-3-5(13)11-6-4-1-2-16-9(4)7(12-15)8(6)14/h1-2,6,8,14-15H,3,10H2,(H,11,13)/t6-,8-/m0/s1. The van der Waals surface area contributed by atoms with Crippen LogP contribution >= 0.6 is 11.3 Å². The summed E-state index contributed by atoms with van der Waals surface area (Å²) in [7, 11) is 0. The van der Waals surface area contributed by atoms with Crippen LogP contribution in [0.15, 0.2) is 16.6 Å². The van der Waals surface area contributed by atoms with Gasteiger partial charge in [0.15, 0.2) is 0 Å². The van der Waals surface area contributed by atoms with Crippen LogP contribution in [0.1, 0.15) is 16.5 Å². The van der Waals surface area contributed by atoms with Gasteiger partial charge in [-0.1, -0.05) is 5.16 Å². The number of hydrogen-bond donors (Lipinski definition) is 4. The van der Waals surface area contributed by atoms with Gasteiger partial charge in [-0.05, 0) is 17.0 Å². The van der Waals surface area contributed by atoms with Gasteiger partial charge in [-0.15, -0.1) is 11.3 Å². The third kappa shape index (κ3) is 1.58. The zero-order valence-corrected chi connectivity index (χ0v) is 9.07.